The van der Waals surface area contributed by atoms with Gasteiger partial charge in [0.2, 0.25) is 0 Å². The predicted molar refractivity (Wildman–Crippen MR) is 61.4 cm³/mol. The molecule has 2 aromatic heterocycles. The zero-order valence-corrected chi connectivity index (χ0v) is 9.51. The van der Waals surface area contributed by atoms with Gasteiger partial charge in [0, 0.05) is 20.3 Å². The van der Waals surface area contributed by atoms with Gasteiger partial charge in [0.15, 0.2) is 0 Å². The predicted octanol–water partition coefficient (Wildman–Crippen LogP) is 0.896. The van der Waals surface area contributed by atoms with Crippen LogP contribution in [0.15, 0.2) is 24.5 Å². The number of aromatic nitrogens is 3. The van der Waals surface area contributed by atoms with Gasteiger partial charge in [-0.15, -0.1) is 0 Å². The molecule has 0 radical (unpaired) electrons. The van der Waals surface area contributed by atoms with Gasteiger partial charge in [0.25, 0.3) is 5.91 Å². The van der Waals surface area contributed by atoms with Crippen LogP contribution in [0.5, 0.6) is 0 Å². The fraction of sp³-hybridized carbons (Fsp3) is 0.182. The van der Waals surface area contributed by atoms with Crippen molar-refractivity contribution in [1.29, 1.82) is 5.26 Å². The molecule has 0 aromatic carbocycles. The number of carbonyl (C=O) groups is 1. The number of hydrogen-bond acceptors (Lipinski definition) is 3. The molecule has 0 unspecified atom stereocenters. The lowest BCUT2D eigenvalue weighted by molar-refractivity contribution is 0.0985. The first-order chi connectivity index (χ1) is 8.15. The van der Waals surface area contributed by atoms with E-state index in [2.05, 4.69) is 10.2 Å². The lowest BCUT2D eigenvalue weighted by Crippen LogP contribution is -2.27. The largest absolute Gasteiger partial charge is 0.331 e. The number of amides is 1. The summed E-state index contributed by atoms with van der Waals surface area (Å²) >= 11 is 0. The summed E-state index contributed by atoms with van der Waals surface area (Å²) in [7, 11) is 3.35. The summed E-state index contributed by atoms with van der Waals surface area (Å²) in [5.74, 6) is -0.185. The lowest BCUT2D eigenvalue weighted by atomic mass is 10.3. The third-order valence-electron chi connectivity index (χ3n) is 2.63. The number of aromatic amines is 1. The first kappa shape index (κ1) is 11.0. The highest BCUT2D eigenvalue weighted by molar-refractivity contribution is 6.04. The zero-order chi connectivity index (χ0) is 12.4. The summed E-state index contributed by atoms with van der Waals surface area (Å²) in [6.45, 7) is 0. The summed E-state index contributed by atoms with van der Waals surface area (Å²) < 4.78 is 1.57. The Bertz CT molecular complexity index is 576. The quantitative estimate of drug-likeness (QED) is 0.830. The van der Waals surface area contributed by atoms with Crippen molar-refractivity contribution in [2.24, 2.45) is 7.05 Å². The molecule has 6 heteroatoms. The average molecular weight is 229 g/mol. The number of nitrogens with one attached hydrogen (secondary N) is 1. The molecule has 2 heterocycles. The molecule has 2 rings (SSSR count). The molecular formula is C11H11N5O. The molecule has 0 fully saturated rings. The van der Waals surface area contributed by atoms with Crippen LogP contribution in [-0.2, 0) is 7.05 Å². The summed E-state index contributed by atoms with van der Waals surface area (Å²) in [6, 6.07) is 5.28. The third-order valence-corrected chi connectivity index (χ3v) is 2.63. The SMILES string of the molecule is CN(C(=O)c1ccc(C#N)n1C)c1cn[nH]c1. The molecule has 1 N–H and O–H groups in total. The molecule has 0 aliphatic rings. The number of carbonyl (C=O) groups excluding carboxylic acids is 1. The summed E-state index contributed by atoms with van der Waals surface area (Å²) in [6.07, 6.45) is 3.19. The highest BCUT2D eigenvalue weighted by Crippen LogP contribution is 2.14. The topological polar surface area (TPSA) is 77.7 Å². The van der Waals surface area contributed by atoms with Gasteiger partial charge in [0.05, 0.1) is 11.9 Å². The molecule has 0 spiro atoms. The van der Waals surface area contributed by atoms with E-state index in [0.29, 0.717) is 17.1 Å². The minimum Gasteiger partial charge on any atom is -0.331 e. The molecule has 0 bridgehead atoms. The van der Waals surface area contributed by atoms with E-state index in [1.807, 2.05) is 6.07 Å². The standard InChI is InChI=1S/C11H11N5O/c1-15-8(5-12)3-4-10(15)11(17)16(2)9-6-13-14-7-9/h3-4,6-7H,1-2H3,(H,13,14). The number of nitriles is 1. The Kier molecular flexibility index (Phi) is 2.66. The van der Waals surface area contributed by atoms with E-state index in [1.54, 1.807) is 43.2 Å². The molecule has 86 valence electrons. The highest BCUT2D eigenvalue weighted by Gasteiger charge is 2.18. The summed E-state index contributed by atoms with van der Waals surface area (Å²) in [4.78, 5) is 13.6. The fourth-order valence-electron chi connectivity index (χ4n) is 1.55. The minimum atomic E-state index is -0.185. The molecule has 0 saturated carbocycles. The van der Waals surface area contributed by atoms with Crippen molar-refractivity contribution in [1.82, 2.24) is 14.8 Å². The molecule has 0 aliphatic heterocycles. The van der Waals surface area contributed by atoms with Gasteiger partial charge >= 0.3 is 0 Å². The maximum atomic E-state index is 12.1. The van der Waals surface area contributed by atoms with Crippen LogP contribution in [0, 0.1) is 11.3 Å². The molecule has 0 atom stereocenters. The molecule has 0 aliphatic carbocycles. The normalized spacial score (nSPS) is 9.94. The maximum Gasteiger partial charge on any atom is 0.274 e. The van der Waals surface area contributed by atoms with Crippen molar-refractivity contribution in [3.8, 4) is 6.07 Å². The van der Waals surface area contributed by atoms with E-state index in [-0.39, 0.29) is 5.91 Å². The van der Waals surface area contributed by atoms with Crippen LogP contribution in [0.2, 0.25) is 0 Å². The number of rotatable bonds is 2. The Balaban J connectivity index is 2.32. The van der Waals surface area contributed by atoms with Crippen LogP contribution in [0.25, 0.3) is 0 Å². The second kappa shape index (κ2) is 4.14. The van der Waals surface area contributed by atoms with Crippen LogP contribution in [-0.4, -0.2) is 27.7 Å². The van der Waals surface area contributed by atoms with Crippen molar-refractivity contribution < 1.29 is 4.79 Å². The van der Waals surface area contributed by atoms with Crippen LogP contribution in [0.3, 0.4) is 0 Å². The van der Waals surface area contributed by atoms with E-state index >= 15 is 0 Å². The van der Waals surface area contributed by atoms with Crippen LogP contribution >= 0.6 is 0 Å². The molecule has 17 heavy (non-hydrogen) atoms. The fourth-order valence-corrected chi connectivity index (χ4v) is 1.55. The maximum absolute atomic E-state index is 12.1. The van der Waals surface area contributed by atoms with Crippen molar-refractivity contribution in [2.45, 2.75) is 0 Å². The Morgan fingerprint density at radius 1 is 1.59 bits per heavy atom. The van der Waals surface area contributed by atoms with Gasteiger partial charge < -0.3 is 9.47 Å². The number of hydrogen-bond donors (Lipinski definition) is 1. The molecule has 0 saturated heterocycles. The second-order valence-electron chi connectivity index (χ2n) is 3.60. The molecular weight excluding hydrogens is 218 g/mol. The number of H-pyrrole nitrogens is 1. The smallest absolute Gasteiger partial charge is 0.274 e. The van der Waals surface area contributed by atoms with E-state index < -0.39 is 0 Å². The molecule has 6 nitrogen and oxygen atoms in total. The first-order valence-corrected chi connectivity index (χ1v) is 4.98. The van der Waals surface area contributed by atoms with Crippen molar-refractivity contribution in [2.75, 3.05) is 11.9 Å². The van der Waals surface area contributed by atoms with Gasteiger partial charge in [-0.05, 0) is 12.1 Å². The van der Waals surface area contributed by atoms with Crippen molar-refractivity contribution >= 4 is 11.6 Å². The van der Waals surface area contributed by atoms with Gasteiger partial charge in [-0.2, -0.15) is 10.4 Å². The first-order valence-electron chi connectivity index (χ1n) is 4.98. The molecule has 1 amide bonds. The van der Waals surface area contributed by atoms with Crippen LogP contribution in [0.1, 0.15) is 16.2 Å². The minimum absolute atomic E-state index is 0.185. The van der Waals surface area contributed by atoms with E-state index in [1.165, 1.54) is 4.90 Å². The van der Waals surface area contributed by atoms with Gasteiger partial charge in [-0.1, -0.05) is 0 Å². The number of nitrogens with zero attached hydrogens (tertiary/aromatic N) is 4. The van der Waals surface area contributed by atoms with Crippen molar-refractivity contribution in [3.05, 3.63) is 35.9 Å². The van der Waals surface area contributed by atoms with E-state index in [4.69, 9.17) is 5.26 Å². The van der Waals surface area contributed by atoms with E-state index in [0.717, 1.165) is 0 Å². The Hall–Kier alpha value is -2.55. The number of anilines is 1. The van der Waals surface area contributed by atoms with Gasteiger partial charge in [-0.3, -0.25) is 9.89 Å². The monoisotopic (exact) mass is 229 g/mol. The highest BCUT2D eigenvalue weighted by atomic mass is 16.2. The molecule has 2 aromatic rings. The third kappa shape index (κ3) is 1.78. The Morgan fingerprint density at radius 3 is 2.88 bits per heavy atom. The van der Waals surface area contributed by atoms with Crippen LogP contribution < -0.4 is 4.90 Å². The summed E-state index contributed by atoms with van der Waals surface area (Å²) in [5.41, 5.74) is 1.59. The second-order valence-corrected chi connectivity index (χ2v) is 3.60. The van der Waals surface area contributed by atoms with Crippen molar-refractivity contribution in [3.63, 3.8) is 0 Å². The van der Waals surface area contributed by atoms with Crippen LogP contribution in [0.4, 0.5) is 5.69 Å². The Morgan fingerprint density at radius 2 is 2.35 bits per heavy atom. The van der Waals surface area contributed by atoms with E-state index in [9.17, 15) is 4.79 Å². The Labute approximate surface area is 98.1 Å². The lowest BCUT2D eigenvalue weighted by Gasteiger charge is -2.15. The van der Waals surface area contributed by atoms with Gasteiger partial charge in [0.1, 0.15) is 17.5 Å². The zero-order valence-electron chi connectivity index (χ0n) is 9.51. The average Bonchev–Trinajstić information content (AvgIpc) is 2.96. The summed E-state index contributed by atoms with van der Waals surface area (Å²) in [5, 5.41) is 15.3. The van der Waals surface area contributed by atoms with Gasteiger partial charge in [-0.25, -0.2) is 0 Å².